The first-order valence-electron chi connectivity index (χ1n) is 6.46. The number of rotatable bonds is 2. The fraction of sp³-hybridized carbons (Fsp3) is 0.294. The van der Waals surface area contributed by atoms with E-state index in [-0.39, 0.29) is 11.2 Å². The quantitative estimate of drug-likeness (QED) is 0.853. The molecule has 0 unspecified atom stereocenters. The van der Waals surface area contributed by atoms with E-state index in [4.69, 9.17) is 0 Å². The molecule has 100 valence electrons. The van der Waals surface area contributed by atoms with Crippen molar-refractivity contribution < 1.29 is 10.2 Å². The molecule has 0 spiro atoms. The Labute approximate surface area is 114 Å². The summed E-state index contributed by atoms with van der Waals surface area (Å²) in [6.45, 7) is 6.27. The molecule has 0 saturated carbocycles. The number of benzene rings is 2. The number of phenolic OH excluding ortho intramolecular Hbond substituents is 2. The highest BCUT2D eigenvalue weighted by Crippen LogP contribution is 2.31. The third-order valence-electron chi connectivity index (χ3n) is 3.21. The second-order valence-corrected chi connectivity index (χ2v) is 5.94. The van der Waals surface area contributed by atoms with Crippen molar-refractivity contribution in [3.63, 3.8) is 0 Å². The Morgan fingerprint density at radius 2 is 1.42 bits per heavy atom. The molecule has 2 nitrogen and oxygen atoms in total. The van der Waals surface area contributed by atoms with Crippen LogP contribution in [-0.4, -0.2) is 10.2 Å². The molecule has 0 amide bonds. The number of aromatic hydroxyl groups is 2. The maximum Gasteiger partial charge on any atom is 0.119 e. The van der Waals surface area contributed by atoms with Gasteiger partial charge >= 0.3 is 0 Å². The van der Waals surface area contributed by atoms with Crippen molar-refractivity contribution >= 4 is 0 Å². The van der Waals surface area contributed by atoms with E-state index in [9.17, 15) is 10.2 Å². The van der Waals surface area contributed by atoms with Crippen molar-refractivity contribution in [2.75, 3.05) is 0 Å². The van der Waals surface area contributed by atoms with Crippen LogP contribution in [0.4, 0.5) is 0 Å². The van der Waals surface area contributed by atoms with Crippen molar-refractivity contribution in [2.45, 2.75) is 32.6 Å². The van der Waals surface area contributed by atoms with Crippen molar-refractivity contribution in [1.82, 2.24) is 0 Å². The summed E-state index contributed by atoms with van der Waals surface area (Å²) in [7, 11) is 0. The van der Waals surface area contributed by atoms with E-state index in [1.165, 1.54) is 0 Å². The molecule has 2 aromatic rings. The molecule has 2 N–H and O–H groups in total. The lowest BCUT2D eigenvalue weighted by molar-refractivity contribution is 0.446. The maximum atomic E-state index is 9.94. The first-order valence-corrected chi connectivity index (χ1v) is 6.46. The van der Waals surface area contributed by atoms with Crippen LogP contribution in [0.5, 0.6) is 11.5 Å². The summed E-state index contributed by atoms with van der Waals surface area (Å²) >= 11 is 0. The van der Waals surface area contributed by atoms with Gasteiger partial charge in [-0.1, -0.05) is 45.0 Å². The van der Waals surface area contributed by atoms with Crippen LogP contribution in [0.15, 0.2) is 42.5 Å². The number of hydrogen-bond acceptors (Lipinski definition) is 2. The molecule has 2 aromatic carbocycles. The van der Waals surface area contributed by atoms with Gasteiger partial charge in [0.25, 0.3) is 0 Å². The van der Waals surface area contributed by atoms with Gasteiger partial charge in [-0.05, 0) is 46.7 Å². The van der Waals surface area contributed by atoms with Crippen molar-refractivity contribution in [3.05, 3.63) is 59.2 Å². The van der Waals surface area contributed by atoms with Gasteiger partial charge in [0, 0.05) is 0 Å². The molecule has 0 saturated heterocycles. The molecule has 2 rings (SSSR count). The first kappa shape index (κ1) is 13.5. The van der Waals surface area contributed by atoms with Crippen LogP contribution in [0.3, 0.4) is 0 Å². The van der Waals surface area contributed by atoms with Crippen LogP contribution in [0, 0.1) is 0 Å². The summed E-state index contributed by atoms with van der Waals surface area (Å²) in [5.41, 5.74) is 3.19. The van der Waals surface area contributed by atoms with E-state index < -0.39 is 0 Å². The van der Waals surface area contributed by atoms with Crippen LogP contribution >= 0.6 is 0 Å². The Balaban J connectivity index is 2.29. The smallest absolute Gasteiger partial charge is 0.119 e. The molecule has 0 heterocycles. The van der Waals surface area contributed by atoms with Gasteiger partial charge in [0.1, 0.15) is 11.5 Å². The molecular weight excluding hydrogens is 236 g/mol. The third-order valence-corrected chi connectivity index (χ3v) is 3.21. The van der Waals surface area contributed by atoms with Gasteiger partial charge in [-0.2, -0.15) is 0 Å². The topological polar surface area (TPSA) is 40.5 Å². The molecular formula is C17H20O2. The Bertz CT molecular complexity index is 563. The summed E-state index contributed by atoms with van der Waals surface area (Å²) in [5.74, 6) is 0.631. The summed E-state index contributed by atoms with van der Waals surface area (Å²) in [5, 5.41) is 19.2. The second-order valence-electron chi connectivity index (χ2n) is 5.94. The van der Waals surface area contributed by atoms with Gasteiger partial charge in [-0.25, -0.2) is 0 Å². The van der Waals surface area contributed by atoms with Crippen molar-refractivity contribution in [2.24, 2.45) is 0 Å². The van der Waals surface area contributed by atoms with Crippen molar-refractivity contribution in [1.29, 1.82) is 0 Å². The van der Waals surface area contributed by atoms with Crippen molar-refractivity contribution in [3.8, 4) is 11.5 Å². The normalized spacial score (nSPS) is 11.5. The molecule has 0 aliphatic heterocycles. The molecule has 0 bridgehead atoms. The molecule has 19 heavy (non-hydrogen) atoms. The van der Waals surface area contributed by atoms with Gasteiger partial charge < -0.3 is 10.2 Å². The number of hydrogen-bond donors (Lipinski definition) is 2. The van der Waals surface area contributed by atoms with Crippen LogP contribution in [0.25, 0.3) is 0 Å². The predicted molar refractivity (Wildman–Crippen MR) is 77.7 cm³/mol. The van der Waals surface area contributed by atoms with Gasteiger partial charge in [0.15, 0.2) is 0 Å². The first-order chi connectivity index (χ1) is 8.86. The van der Waals surface area contributed by atoms with Crippen LogP contribution in [-0.2, 0) is 11.8 Å². The van der Waals surface area contributed by atoms with E-state index in [0.29, 0.717) is 5.75 Å². The fourth-order valence-corrected chi connectivity index (χ4v) is 2.14. The van der Waals surface area contributed by atoms with Crippen LogP contribution < -0.4 is 0 Å². The van der Waals surface area contributed by atoms with E-state index >= 15 is 0 Å². The van der Waals surface area contributed by atoms with E-state index in [1.807, 2.05) is 18.2 Å². The lowest BCUT2D eigenvalue weighted by Gasteiger charge is -2.21. The lowest BCUT2D eigenvalue weighted by atomic mass is 9.85. The zero-order valence-corrected chi connectivity index (χ0v) is 11.6. The summed E-state index contributed by atoms with van der Waals surface area (Å²) < 4.78 is 0. The summed E-state index contributed by atoms with van der Waals surface area (Å²) in [6.07, 6.45) is 0.795. The maximum absolute atomic E-state index is 9.94. The Morgan fingerprint density at radius 3 is 2.00 bits per heavy atom. The Kier molecular flexibility index (Phi) is 3.52. The summed E-state index contributed by atoms with van der Waals surface area (Å²) in [4.78, 5) is 0. The third kappa shape index (κ3) is 3.28. The minimum atomic E-state index is -0.0744. The monoisotopic (exact) mass is 256 g/mol. The molecule has 0 aromatic heterocycles. The zero-order chi connectivity index (χ0) is 14.0. The van der Waals surface area contributed by atoms with Crippen LogP contribution in [0.2, 0.25) is 0 Å². The summed E-state index contributed by atoms with van der Waals surface area (Å²) in [6, 6.07) is 13.0. The second kappa shape index (κ2) is 4.96. The molecule has 0 fully saturated rings. The molecule has 0 aliphatic rings. The highest BCUT2D eigenvalue weighted by molar-refractivity contribution is 5.42. The zero-order valence-electron chi connectivity index (χ0n) is 11.6. The van der Waals surface area contributed by atoms with E-state index in [1.54, 1.807) is 18.2 Å². The SMILES string of the molecule is CC(C)(C)c1cc(Cc2ccc(O)cc2)ccc1O. The molecule has 0 aliphatic carbocycles. The average Bonchev–Trinajstić information content (AvgIpc) is 2.33. The molecule has 0 radical (unpaired) electrons. The minimum absolute atomic E-state index is 0.0744. The van der Waals surface area contributed by atoms with Gasteiger partial charge in [0.2, 0.25) is 0 Å². The largest absolute Gasteiger partial charge is 0.508 e. The van der Waals surface area contributed by atoms with Gasteiger partial charge in [-0.3, -0.25) is 0 Å². The van der Waals surface area contributed by atoms with E-state index in [2.05, 4.69) is 26.8 Å². The highest BCUT2D eigenvalue weighted by Gasteiger charge is 2.18. The number of phenols is 2. The minimum Gasteiger partial charge on any atom is -0.508 e. The Morgan fingerprint density at radius 1 is 0.842 bits per heavy atom. The molecule has 0 atom stereocenters. The van der Waals surface area contributed by atoms with Gasteiger partial charge in [-0.15, -0.1) is 0 Å². The predicted octanol–water partition coefficient (Wildman–Crippen LogP) is 3.99. The average molecular weight is 256 g/mol. The van der Waals surface area contributed by atoms with Gasteiger partial charge in [0.05, 0.1) is 0 Å². The Hall–Kier alpha value is -1.96. The highest BCUT2D eigenvalue weighted by atomic mass is 16.3. The standard InChI is InChI=1S/C17H20O2/c1-17(2,3)15-11-13(6-9-16(15)19)10-12-4-7-14(18)8-5-12/h4-9,11,18-19H,10H2,1-3H3. The van der Waals surface area contributed by atoms with E-state index in [0.717, 1.165) is 23.1 Å². The fourth-order valence-electron chi connectivity index (χ4n) is 2.14. The lowest BCUT2D eigenvalue weighted by Crippen LogP contribution is -2.11. The van der Waals surface area contributed by atoms with Crippen LogP contribution in [0.1, 0.15) is 37.5 Å². The molecule has 2 heteroatoms.